The van der Waals surface area contributed by atoms with Gasteiger partial charge in [-0.1, -0.05) is 0 Å². The van der Waals surface area contributed by atoms with Crippen molar-refractivity contribution in [2.75, 3.05) is 7.11 Å². The molecular weight excluding hydrogens is 291 g/mol. The van der Waals surface area contributed by atoms with E-state index in [0.717, 1.165) is 15.6 Å². The van der Waals surface area contributed by atoms with Gasteiger partial charge in [0.15, 0.2) is 0 Å². The summed E-state index contributed by atoms with van der Waals surface area (Å²) in [4.78, 5) is 23.6. The summed E-state index contributed by atoms with van der Waals surface area (Å²) >= 11 is 1.43. The van der Waals surface area contributed by atoms with Gasteiger partial charge in [0.05, 0.1) is 0 Å². The SMILES string of the molecule is COC(=O)c1ccc(-c2ccc(C=O)s2)[se]1. The Morgan fingerprint density at radius 1 is 1.38 bits per heavy atom. The molecule has 0 unspecified atom stereocenters. The maximum atomic E-state index is 11.3. The van der Waals surface area contributed by atoms with Crippen molar-refractivity contribution >= 4 is 38.1 Å². The molecule has 0 fully saturated rings. The number of esters is 1. The first-order valence-electron chi connectivity index (χ1n) is 4.48. The van der Waals surface area contributed by atoms with Crippen molar-refractivity contribution in [1.29, 1.82) is 0 Å². The van der Waals surface area contributed by atoms with Gasteiger partial charge in [0.25, 0.3) is 0 Å². The van der Waals surface area contributed by atoms with Crippen molar-refractivity contribution in [3.8, 4) is 9.31 Å². The van der Waals surface area contributed by atoms with Crippen LogP contribution in [0.15, 0.2) is 24.3 Å². The first-order valence-corrected chi connectivity index (χ1v) is 7.01. The van der Waals surface area contributed by atoms with Crippen LogP contribution in [0.5, 0.6) is 0 Å². The zero-order chi connectivity index (χ0) is 11.5. The van der Waals surface area contributed by atoms with E-state index in [0.29, 0.717) is 9.31 Å². The Kier molecular flexibility index (Phi) is 3.39. The Balaban J connectivity index is 2.31. The molecule has 16 heavy (non-hydrogen) atoms. The van der Waals surface area contributed by atoms with E-state index >= 15 is 0 Å². The number of carbonyl (C=O) groups excluding carboxylic acids is 2. The van der Waals surface area contributed by atoms with E-state index in [1.165, 1.54) is 18.4 Å². The molecule has 0 radical (unpaired) electrons. The van der Waals surface area contributed by atoms with Gasteiger partial charge in [-0.2, -0.15) is 0 Å². The van der Waals surface area contributed by atoms with Gasteiger partial charge in [0.2, 0.25) is 0 Å². The van der Waals surface area contributed by atoms with Gasteiger partial charge in [-0.05, 0) is 0 Å². The van der Waals surface area contributed by atoms with E-state index in [4.69, 9.17) is 0 Å². The molecule has 0 saturated heterocycles. The van der Waals surface area contributed by atoms with Crippen molar-refractivity contribution in [3.63, 3.8) is 0 Å². The van der Waals surface area contributed by atoms with Crippen molar-refractivity contribution in [3.05, 3.63) is 33.6 Å². The van der Waals surface area contributed by atoms with Gasteiger partial charge in [-0.15, -0.1) is 0 Å². The molecule has 0 aliphatic heterocycles. The average molecular weight is 299 g/mol. The van der Waals surface area contributed by atoms with Gasteiger partial charge in [-0.25, -0.2) is 0 Å². The predicted octanol–water partition coefficient (Wildman–Crippen LogP) is 2.07. The molecule has 3 nitrogen and oxygen atoms in total. The Morgan fingerprint density at radius 2 is 2.19 bits per heavy atom. The molecule has 0 aliphatic rings. The summed E-state index contributed by atoms with van der Waals surface area (Å²) in [6, 6.07) is 7.42. The summed E-state index contributed by atoms with van der Waals surface area (Å²) in [5, 5.41) is 0. The predicted molar refractivity (Wildman–Crippen MR) is 63.4 cm³/mol. The third-order valence-corrected chi connectivity index (χ3v) is 5.62. The minimum atomic E-state index is -0.265. The molecule has 5 heteroatoms. The van der Waals surface area contributed by atoms with Crippen LogP contribution in [-0.4, -0.2) is 33.9 Å². The molecular formula is C11H8O3SSe. The second-order valence-corrected chi connectivity index (χ2v) is 6.36. The molecule has 82 valence electrons. The standard InChI is InChI=1S/C11H8O3SSe/c1-14-11(13)10-5-4-9(16-10)8-3-2-7(6-12)15-8/h2-6H,1H3. The van der Waals surface area contributed by atoms with E-state index in [9.17, 15) is 9.59 Å². The van der Waals surface area contributed by atoms with Gasteiger partial charge in [0, 0.05) is 0 Å². The third kappa shape index (κ3) is 2.16. The topological polar surface area (TPSA) is 43.4 Å². The molecule has 0 spiro atoms. The number of ether oxygens (including phenoxy) is 1. The normalized spacial score (nSPS) is 10.1. The zero-order valence-corrected chi connectivity index (χ0v) is 11.0. The summed E-state index contributed by atoms with van der Waals surface area (Å²) in [6.07, 6.45) is 0.839. The van der Waals surface area contributed by atoms with E-state index in [2.05, 4.69) is 4.74 Å². The van der Waals surface area contributed by atoms with Gasteiger partial charge >= 0.3 is 102 Å². The fraction of sp³-hybridized carbons (Fsp3) is 0.0909. The number of aldehydes is 1. The monoisotopic (exact) mass is 300 g/mol. The molecule has 0 aromatic carbocycles. The van der Waals surface area contributed by atoms with Crippen LogP contribution in [0.4, 0.5) is 0 Å². The number of carbonyl (C=O) groups is 2. The second-order valence-electron chi connectivity index (χ2n) is 2.98. The van der Waals surface area contributed by atoms with Crippen LogP contribution < -0.4 is 0 Å². The van der Waals surface area contributed by atoms with Crippen LogP contribution in [-0.2, 0) is 4.74 Å². The van der Waals surface area contributed by atoms with Crippen LogP contribution in [0.2, 0.25) is 0 Å². The fourth-order valence-corrected chi connectivity index (χ4v) is 4.22. The molecule has 2 aromatic rings. The molecule has 0 amide bonds. The minimum absolute atomic E-state index is 0.0158. The molecule has 2 aromatic heterocycles. The summed E-state index contributed by atoms with van der Waals surface area (Å²) in [6.45, 7) is 0. The third-order valence-electron chi connectivity index (χ3n) is 1.98. The van der Waals surface area contributed by atoms with E-state index in [-0.39, 0.29) is 20.5 Å². The van der Waals surface area contributed by atoms with Crippen LogP contribution in [0.1, 0.15) is 18.9 Å². The van der Waals surface area contributed by atoms with E-state index in [1.807, 2.05) is 12.1 Å². The Hall–Kier alpha value is -1.16. The van der Waals surface area contributed by atoms with Crippen molar-refractivity contribution in [2.24, 2.45) is 0 Å². The number of rotatable bonds is 3. The first kappa shape index (κ1) is 11.3. The summed E-state index contributed by atoms with van der Waals surface area (Å²) in [7, 11) is 1.38. The van der Waals surface area contributed by atoms with Crippen molar-refractivity contribution in [1.82, 2.24) is 0 Å². The molecule has 2 rings (SSSR count). The number of methoxy groups -OCH3 is 1. The van der Waals surface area contributed by atoms with Crippen LogP contribution in [0, 0.1) is 0 Å². The number of thiophene rings is 1. The average Bonchev–Trinajstić information content (AvgIpc) is 2.95. The van der Waals surface area contributed by atoms with Gasteiger partial charge in [0.1, 0.15) is 0 Å². The summed E-state index contributed by atoms with van der Waals surface area (Å²) < 4.78 is 6.50. The van der Waals surface area contributed by atoms with Crippen molar-refractivity contribution < 1.29 is 14.3 Å². The second kappa shape index (κ2) is 4.78. The zero-order valence-electron chi connectivity index (χ0n) is 8.43. The molecule has 0 bridgehead atoms. The number of hydrogen-bond acceptors (Lipinski definition) is 4. The Labute approximate surface area is 102 Å². The first-order chi connectivity index (χ1) is 7.74. The summed E-state index contributed by atoms with van der Waals surface area (Å²) in [5.74, 6) is -0.265. The van der Waals surface area contributed by atoms with E-state index < -0.39 is 0 Å². The molecule has 2 heterocycles. The number of hydrogen-bond donors (Lipinski definition) is 0. The van der Waals surface area contributed by atoms with Crippen LogP contribution >= 0.6 is 11.3 Å². The van der Waals surface area contributed by atoms with Crippen LogP contribution in [0.3, 0.4) is 0 Å². The Morgan fingerprint density at radius 3 is 2.81 bits per heavy atom. The van der Waals surface area contributed by atoms with Gasteiger partial charge in [-0.3, -0.25) is 0 Å². The molecule has 0 N–H and O–H groups in total. The van der Waals surface area contributed by atoms with Gasteiger partial charge < -0.3 is 0 Å². The Bertz CT molecular complexity index is 527. The molecule has 0 saturated carbocycles. The molecule has 0 aliphatic carbocycles. The maximum absolute atomic E-state index is 11.3. The van der Waals surface area contributed by atoms with Crippen LogP contribution in [0.25, 0.3) is 9.31 Å². The quantitative estimate of drug-likeness (QED) is 0.495. The summed E-state index contributed by atoms with van der Waals surface area (Å²) in [5.41, 5.74) is 0. The molecule has 0 atom stereocenters. The van der Waals surface area contributed by atoms with E-state index in [1.54, 1.807) is 12.1 Å². The van der Waals surface area contributed by atoms with Crippen molar-refractivity contribution in [2.45, 2.75) is 0 Å². The fourth-order valence-electron chi connectivity index (χ4n) is 1.23.